The fourth-order valence-corrected chi connectivity index (χ4v) is 3.77. The molecule has 0 aromatic heterocycles. The van der Waals surface area contributed by atoms with E-state index in [0.717, 1.165) is 6.42 Å². The number of carbonyl (C=O) groups is 2. The summed E-state index contributed by atoms with van der Waals surface area (Å²) in [4.78, 5) is 23.9. The van der Waals surface area contributed by atoms with Gasteiger partial charge in [0.25, 0.3) is 5.91 Å². The summed E-state index contributed by atoms with van der Waals surface area (Å²) < 4.78 is 43.6. The van der Waals surface area contributed by atoms with Crippen LogP contribution in [-0.4, -0.2) is 52.7 Å². The summed E-state index contributed by atoms with van der Waals surface area (Å²) in [5, 5.41) is 2.58. The minimum Gasteiger partial charge on any atom is -0.486 e. The number of carbonyl (C=O) groups excluding carboxylic acids is 2. The molecule has 10 heteroatoms. The van der Waals surface area contributed by atoms with Gasteiger partial charge in [-0.15, -0.1) is 0 Å². The van der Waals surface area contributed by atoms with Gasteiger partial charge in [0, 0.05) is 12.6 Å². The lowest BCUT2D eigenvalue weighted by Crippen LogP contribution is -2.46. The van der Waals surface area contributed by atoms with E-state index in [-0.39, 0.29) is 4.90 Å². The van der Waals surface area contributed by atoms with E-state index in [1.54, 1.807) is 13.8 Å². The number of nitrogens with one attached hydrogen (secondary N) is 2. The Labute approximate surface area is 164 Å². The third kappa shape index (κ3) is 5.83. The zero-order valence-electron chi connectivity index (χ0n) is 16.2. The van der Waals surface area contributed by atoms with Gasteiger partial charge in [0.15, 0.2) is 18.1 Å². The maximum atomic E-state index is 12.7. The highest BCUT2D eigenvalue weighted by atomic mass is 32.2. The van der Waals surface area contributed by atoms with Gasteiger partial charge in [-0.2, -0.15) is 4.72 Å². The predicted molar refractivity (Wildman–Crippen MR) is 101 cm³/mol. The Morgan fingerprint density at radius 1 is 1.18 bits per heavy atom. The largest absolute Gasteiger partial charge is 0.486 e. The van der Waals surface area contributed by atoms with Gasteiger partial charge in [-0.05, 0) is 24.5 Å². The number of sulfonamides is 1. The molecule has 2 N–H and O–H groups in total. The highest BCUT2D eigenvalue weighted by Gasteiger charge is 2.30. The summed E-state index contributed by atoms with van der Waals surface area (Å²) in [7, 11) is -4.02. The van der Waals surface area contributed by atoms with Crippen LogP contribution < -0.4 is 19.5 Å². The monoisotopic (exact) mass is 414 g/mol. The average Bonchev–Trinajstić information content (AvgIpc) is 2.68. The number of ether oxygens (including phenoxy) is 3. The van der Waals surface area contributed by atoms with E-state index < -0.39 is 40.5 Å². The molecule has 0 bridgehead atoms. The summed E-state index contributed by atoms with van der Waals surface area (Å²) in [6.45, 7) is 5.97. The molecule has 0 fully saturated rings. The summed E-state index contributed by atoms with van der Waals surface area (Å²) in [6.07, 6.45) is 0.754. The van der Waals surface area contributed by atoms with Crippen LogP contribution in [0.25, 0.3) is 0 Å². The van der Waals surface area contributed by atoms with Gasteiger partial charge < -0.3 is 19.5 Å². The fraction of sp³-hybridized carbons (Fsp3) is 0.556. The molecule has 1 aromatic carbocycles. The van der Waals surface area contributed by atoms with Crippen LogP contribution in [-0.2, 0) is 24.3 Å². The molecule has 0 saturated carbocycles. The molecule has 0 aliphatic carbocycles. The molecule has 2 rings (SSSR count). The predicted octanol–water partition coefficient (Wildman–Crippen LogP) is 0.830. The van der Waals surface area contributed by atoms with Crippen LogP contribution in [0.1, 0.15) is 27.2 Å². The normalized spacial score (nSPS) is 14.4. The molecular weight excluding hydrogens is 388 g/mol. The summed E-state index contributed by atoms with van der Waals surface area (Å²) in [6, 6.07) is 3.08. The van der Waals surface area contributed by atoms with Crippen molar-refractivity contribution < 1.29 is 32.2 Å². The Kier molecular flexibility index (Phi) is 7.64. The standard InChI is InChI=1S/C18H26N2O7S/c1-4-7-19-16(21)11-27-18(22)17(12(2)3)20-28(23,24)13-5-6-14-15(10-13)26-9-8-25-14/h5-6,10,12,17,20H,4,7-9,11H2,1-3H3,(H,19,21). The Balaban J connectivity index is 2.07. The molecule has 28 heavy (non-hydrogen) atoms. The molecule has 156 valence electrons. The van der Waals surface area contributed by atoms with Gasteiger partial charge in [0.1, 0.15) is 19.3 Å². The number of rotatable bonds is 9. The summed E-state index contributed by atoms with van der Waals surface area (Å²) in [5.74, 6) is -0.859. The molecule has 1 aliphatic heterocycles. The molecule has 1 atom stereocenters. The Morgan fingerprint density at radius 3 is 2.50 bits per heavy atom. The van der Waals surface area contributed by atoms with Crippen LogP contribution in [0.2, 0.25) is 0 Å². The Bertz CT molecular complexity index is 808. The van der Waals surface area contributed by atoms with Crippen molar-refractivity contribution in [3.05, 3.63) is 18.2 Å². The highest BCUT2D eigenvalue weighted by Crippen LogP contribution is 2.32. The second kappa shape index (κ2) is 9.74. The number of benzene rings is 1. The lowest BCUT2D eigenvalue weighted by Gasteiger charge is -2.22. The van der Waals surface area contributed by atoms with Gasteiger partial charge >= 0.3 is 5.97 Å². The molecule has 1 unspecified atom stereocenters. The van der Waals surface area contributed by atoms with E-state index >= 15 is 0 Å². The zero-order chi connectivity index (χ0) is 20.7. The van der Waals surface area contributed by atoms with Crippen LogP contribution in [0.15, 0.2) is 23.1 Å². The van der Waals surface area contributed by atoms with Gasteiger partial charge in [0.05, 0.1) is 4.90 Å². The second-order valence-electron chi connectivity index (χ2n) is 6.61. The van der Waals surface area contributed by atoms with Crippen molar-refractivity contribution in [1.82, 2.24) is 10.0 Å². The number of amides is 1. The van der Waals surface area contributed by atoms with Crippen molar-refractivity contribution in [3.63, 3.8) is 0 Å². The van der Waals surface area contributed by atoms with Gasteiger partial charge in [-0.1, -0.05) is 20.8 Å². The van der Waals surface area contributed by atoms with Crippen molar-refractivity contribution in [2.45, 2.75) is 38.1 Å². The molecule has 0 saturated heterocycles. The maximum Gasteiger partial charge on any atom is 0.324 e. The first-order valence-corrected chi connectivity index (χ1v) is 10.6. The number of esters is 1. The maximum absolute atomic E-state index is 12.7. The van der Waals surface area contributed by atoms with Gasteiger partial charge in [-0.25, -0.2) is 8.42 Å². The van der Waals surface area contributed by atoms with Crippen molar-refractivity contribution in [2.75, 3.05) is 26.4 Å². The van der Waals surface area contributed by atoms with Crippen molar-refractivity contribution in [2.24, 2.45) is 5.92 Å². The molecule has 1 aliphatic rings. The smallest absolute Gasteiger partial charge is 0.324 e. The summed E-state index contributed by atoms with van der Waals surface area (Å²) >= 11 is 0. The first kappa shape index (κ1) is 22.0. The van der Waals surface area contributed by atoms with Gasteiger partial charge in [0.2, 0.25) is 10.0 Å². The van der Waals surface area contributed by atoms with E-state index in [4.69, 9.17) is 14.2 Å². The molecule has 1 amide bonds. The van der Waals surface area contributed by atoms with E-state index in [9.17, 15) is 18.0 Å². The first-order valence-electron chi connectivity index (χ1n) is 9.10. The van der Waals surface area contributed by atoms with Gasteiger partial charge in [-0.3, -0.25) is 9.59 Å². The average molecular weight is 414 g/mol. The molecule has 0 spiro atoms. The van der Waals surface area contributed by atoms with Crippen LogP contribution >= 0.6 is 0 Å². The highest BCUT2D eigenvalue weighted by molar-refractivity contribution is 7.89. The second-order valence-corrected chi connectivity index (χ2v) is 8.32. The Hall–Kier alpha value is -2.33. The van der Waals surface area contributed by atoms with Crippen molar-refractivity contribution in [1.29, 1.82) is 0 Å². The Morgan fingerprint density at radius 2 is 1.86 bits per heavy atom. The first-order chi connectivity index (χ1) is 13.2. The number of hydrogen-bond donors (Lipinski definition) is 2. The van der Waals surface area contributed by atoms with E-state index in [1.807, 2.05) is 6.92 Å². The molecule has 0 radical (unpaired) electrons. The van der Waals surface area contributed by atoms with Crippen LogP contribution in [0.3, 0.4) is 0 Å². The molecular formula is C18H26N2O7S. The minimum atomic E-state index is -4.02. The van der Waals surface area contributed by atoms with Crippen LogP contribution in [0.5, 0.6) is 11.5 Å². The molecule has 1 heterocycles. The molecule has 1 aromatic rings. The summed E-state index contributed by atoms with van der Waals surface area (Å²) in [5.41, 5.74) is 0. The van der Waals surface area contributed by atoms with Crippen molar-refractivity contribution in [3.8, 4) is 11.5 Å². The molecule has 9 nitrogen and oxygen atoms in total. The quantitative estimate of drug-likeness (QED) is 0.574. The fourth-order valence-electron chi connectivity index (χ4n) is 2.42. The van der Waals surface area contributed by atoms with Crippen LogP contribution in [0.4, 0.5) is 0 Å². The third-order valence-corrected chi connectivity index (χ3v) is 5.38. The van der Waals surface area contributed by atoms with E-state index in [0.29, 0.717) is 31.3 Å². The lowest BCUT2D eigenvalue weighted by molar-refractivity contribution is -0.151. The third-order valence-electron chi connectivity index (χ3n) is 3.94. The van der Waals surface area contributed by atoms with E-state index in [1.165, 1.54) is 18.2 Å². The minimum absolute atomic E-state index is 0.0594. The van der Waals surface area contributed by atoms with Crippen LogP contribution in [0, 0.1) is 5.92 Å². The van der Waals surface area contributed by atoms with Crippen molar-refractivity contribution >= 4 is 21.9 Å². The zero-order valence-corrected chi connectivity index (χ0v) is 17.0. The van der Waals surface area contributed by atoms with E-state index in [2.05, 4.69) is 10.0 Å². The topological polar surface area (TPSA) is 120 Å². The lowest BCUT2D eigenvalue weighted by atomic mass is 10.1. The SMILES string of the molecule is CCCNC(=O)COC(=O)C(NS(=O)(=O)c1ccc2c(c1)OCCO2)C(C)C. The number of fused-ring (bicyclic) bond motifs is 1. The number of hydrogen-bond acceptors (Lipinski definition) is 7.